The van der Waals surface area contributed by atoms with Gasteiger partial charge in [-0.1, -0.05) is 13.8 Å². The second-order valence-corrected chi connectivity index (χ2v) is 7.91. The number of rotatable bonds is 4. The van der Waals surface area contributed by atoms with Crippen LogP contribution in [0.1, 0.15) is 39.0 Å². The van der Waals surface area contributed by atoms with Crippen LogP contribution < -0.4 is 5.73 Å². The number of nitrogens with zero attached hydrogens (tertiary/aromatic N) is 1. The monoisotopic (exact) mass is 259 g/mol. The summed E-state index contributed by atoms with van der Waals surface area (Å²) in [5.74, 6) is 0.787. The average molecular weight is 259 g/mol. The fraction of sp³-hybridized carbons (Fsp3) is 0.727. The standard InChI is InChI=1S/C11H21N3O2S/c1-7(2)6-8-9(13-14-10(8)12)11(3,4)17(5,15)16/h7H,6H2,1-5H3,(H3,12,13,14). The summed E-state index contributed by atoms with van der Waals surface area (Å²) in [6.45, 7) is 7.45. The molecular weight excluding hydrogens is 238 g/mol. The van der Waals surface area contributed by atoms with Gasteiger partial charge in [-0.3, -0.25) is 5.10 Å². The van der Waals surface area contributed by atoms with Gasteiger partial charge in [-0.05, 0) is 26.2 Å². The Morgan fingerprint density at radius 2 is 1.94 bits per heavy atom. The molecule has 6 heteroatoms. The van der Waals surface area contributed by atoms with E-state index in [4.69, 9.17) is 5.73 Å². The molecule has 0 saturated heterocycles. The van der Waals surface area contributed by atoms with Crippen molar-refractivity contribution < 1.29 is 8.42 Å². The molecule has 1 aromatic heterocycles. The fourth-order valence-electron chi connectivity index (χ4n) is 1.68. The van der Waals surface area contributed by atoms with Crippen LogP contribution in [-0.4, -0.2) is 24.9 Å². The Morgan fingerprint density at radius 1 is 1.41 bits per heavy atom. The number of sulfone groups is 1. The lowest BCUT2D eigenvalue weighted by Crippen LogP contribution is -2.30. The van der Waals surface area contributed by atoms with Crippen LogP contribution in [-0.2, 0) is 21.0 Å². The summed E-state index contributed by atoms with van der Waals surface area (Å²) in [7, 11) is -3.23. The fourth-order valence-corrected chi connectivity index (χ4v) is 2.22. The number of nitrogens with two attached hydrogens (primary N) is 1. The first kappa shape index (κ1) is 14.0. The van der Waals surface area contributed by atoms with Crippen molar-refractivity contribution in [2.45, 2.75) is 38.9 Å². The zero-order chi connectivity index (χ0) is 13.4. The first-order chi connectivity index (χ1) is 7.57. The highest BCUT2D eigenvalue weighted by molar-refractivity contribution is 7.91. The van der Waals surface area contributed by atoms with E-state index >= 15 is 0 Å². The second kappa shape index (κ2) is 4.33. The lowest BCUT2D eigenvalue weighted by atomic mass is 9.97. The molecule has 0 spiro atoms. The number of nitrogens with one attached hydrogen (secondary N) is 1. The predicted molar refractivity (Wildman–Crippen MR) is 69.4 cm³/mol. The van der Waals surface area contributed by atoms with Gasteiger partial charge in [-0.15, -0.1) is 0 Å². The molecule has 1 rings (SSSR count). The Labute approximate surface area is 103 Å². The molecule has 1 aromatic rings. The Bertz CT molecular complexity index is 501. The van der Waals surface area contributed by atoms with Crippen molar-refractivity contribution in [3.8, 4) is 0 Å². The molecule has 0 fully saturated rings. The number of H-pyrrole nitrogens is 1. The SMILES string of the molecule is CC(C)Cc1c(N)n[nH]c1C(C)(C)S(C)(=O)=O. The second-order valence-electron chi connectivity index (χ2n) is 5.34. The van der Waals surface area contributed by atoms with Crippen LogP contribution >= 0.6 is 0 Å². The maximum absolute atomic E-state index is 11.8. The van der Waals surface area contributed by atoms with Gasteiger partial charge in [0.1, 0.15) is 10.6 Å². The normalized spacial score (nSPS) is 13.3. The highest BCUT2D eigenvalue weighted by Crippen LogP contribution is 2.33. The molecule has 3 N–H and O–H groups in total. The molecule has 0 aliphatic rings. The minimum absolute atomic E-state index is 0.393. The van der Waals surface area contributed by atoms with Gasteiger partial charge in [0.2, 0.25) is 0 Å². The van der Waals surface area contributed by atoms with Gasteiger partial charge < -0.3 is 5.73 Å². The Kier molecular flexibility index (Phi) is 3.57. The molecule has 0 atom stereocenters. The van der Waals surface area contributed by atoms with E-state index in [1.165, 1.54) is 6.26 Å². The minimum atomic E-state index is -3.23. The highest BCUT2D eigenvalue weighted by Gasteiger charge is 2.36. The van der Waals surface area contributed by atoms with E-state index in [9.17, 15) is 8.42 Å². The highest BCUT2D eigenvalue weighted by atomic mass is 32.2. The van der Waals surface area contributed by atoms with Gasteiger partial charge in [0, 0.05) is 11.8 Å². The van der Waals surface area contributed by atoms with Gasteiger partial charge in [0.15, 0.2) is 9.84 Å². The summed E-state index contributed by atoms with van der Waals surface area (Å²) < 4.78 is 22.6. The minimum Gasteiger partial charge on any atom is -0.382 e. The van der Waals surface area contributed by atoms with Crippen molar-refractivity contribution in [3.05, 3.63) is 11.3 Å². The summed E-state index contributed by atoms with van der Waals surface area (Å²) in [6.07, 6.45) is 1.94. The molecular formula is C11H21N3O2S. The zero-order valence-electron chi connectivity index (χ0n) is 11.0. The molecule has 98 valence electrons. The zero-order valence-corrected chi connectivity index (χ0v) is 11.9. The van der Waals surface area contributed by atoms with E-state index in [2.05, 4.69) is 24.0 Å². The molecule has 17 heavy (non-hydrogen) atoms. The van der Waals surface area contributed by atoms with E-state index in [-0.39, 0.29) is 0 Å². The van der Waals surface area contributed by atoms with Crippen LogP contribution in [0.4, 0.5) is 5.82 Å². The van der Waals surface area contributed by atoms with Crippen LogP contribution in [0, 0.1) is 5.92 Å². The van der Waals surface area contributed by atoms with Crippen LogP contribution in [0.25, 0.3) is 0 Å². The van der Waals surface area contributed by atoms with Crippen molar-refractivity contribution in [1.29, 1.82) is 0 Å². The van der Waals surface area contributed by atoms with E-state index < -0.39 is 14.6 Å². The number of anilines is 1. The Balaban J connectivity index is 3.33. The van der Waals surface area contributed by atoms with Crippen molar-refractivity contribution in [1.82, 2.24) is 10.2 Å². The first-order valence-corrected chi connectivity index (χ1v) is 7.49. The maximum Gasteiger partial charge on any atom is 0.158 e. The molecule has 1 heterocycles. The van der Waals surface area contributed by atoms with Crippen LogP contribution in [0.15, 0.2) is 0 Å². The van der Waals surface area contributed by atoms with Crippen molar-refractivity contribution in [2.24, 2.45) is 5.92 Å². The van der Waals surface area contributed by atoms with Gasteiger partial charge in [-0.2, -0.15) is 5.10 Å². The third-order valence-corrected chi connectivity index (χ3v) is 5.10. The van der Waals surface area contributed by atoms with Crippen LogP contribution in [0.5, 0.6) is 0 Å². The average Bonchev–Trinajstić information content (AvgIpc) is 2.45. The number of hydrogen-bond donors (Lipinski definition) is 2. The number of aromatic nitrogens is 2. The summed E-state index contributed by atoms with van der Waals surface area (Å²) in [6, 6.07) is 0. The van der Waals surface area contributed by atoms with Crippen LogP contribution in [0.2, 0.25) is 0 Å². The summed E-state index contributed by atoms with van der Waals surface area (Å²) in [5.41, 5.74) is 7.21. The molecule has 0 aromatic carbocycles. The lowest BCUT2D eigenvalue weighted by Gasteiger charge is -2.23. The molecule has 0 saturated carbocycles. The van der Waals surface area contributed by atoms with Crippen molar-refractivity contribution in [3.63, 3.8) is 0 Å². The van der Waals surface area contributed by atoms with Gasteiger partial charge >= 0.3 is 0 Å². The quantitative estimate of drug-likeness (QED) is 0.857. The number of hydrogen-bond acceptors (Lipinski definition) is 4. The summed E-state index contributed by atoms with van der Waals surface area (Å²) >= 11 is 0. The smallest absolute Gasteiger partial charge is 0.158 e. The van der Waals surface area contributed by atoms with Gasteiger partial charge in [-0.25, -0.2) is 8.42 Å². The van der Waals surface area contributed by atoms with E-state index in [1.54, 1.807) is 13.8 Å². The maximum atomic E-state index is 11.8. The molecule has 0 amide bonds. The van der Waals surface area contributed by atoms with E-state index in [0.717, 1.165) is 12.0 Å². The summed E-state index contributed by atoms with van der Waals surface area (Å²) in [5, 5.41) is 6.71. The van der Waals surface area contributed by atoms with Crippen LogP contribution in [0.3, 0.4) is 0 Å². The molecule has 5 nitrogen and oxygen atoms in total. The van der Waals surface area contributed by atoms with E-state index in [0.29, 0.717) is 17.4 Å². The third kappa shape index (κ3) is 2.62. The van der Waals surface area contributed by atoms with Gasteiger partial charge in [0.05, 0.1) is 5.69 Å². The summed E-state index contributed by atoms with van der Waals surface area (Å²) in [4.78, 5) is 0. The largest absolute Gasteiger partial charge is 0.382 e. The molecule has 0 aliphatic carbocycles. The van der Waals surface area contributed by atoms with E-state index in [1.807, 2.05) is 0 Å². The third-order valence-electron chi connectivity index (χ3n) is 3.04. The molecule has 0 aliphatic heterocycles. The first-order valence-electron chi connectivity index (χ1n) is 5.60. The number of nitrogen functional groups attached to an aromatic ring is 1. The lowest BCUT2D eigenvalue weighted by molar-refractivity contribution is 0.551. The topological polar surface area (TPSA) is 88.8 Å². The number of aromatic amines is 1. The van der Waals surface area contributed by atoms with Crippen molar-refractivity contribution >= 4 is 15.7 Å². The Hall–Kier alpha value is -1.04. The van der Waals surface area contributed by atoms with Gasteiger partial charge in [0.25, 0.3) is 0 Å². The predicted octanol–water partition coefficient (Wildman–Crippen LogP) is 1.47. The Morgan fingerprint density at radius 3 is 2.35 bits per heavy atom. The molecule has 0 unspecified atom stereocenters. The molecule has 0 radical (unpaired) electrons. The van der Waals surface area contributed by atoms with Crippen molar-refractivity contribution in [2.75, 3.05) is 12.0 Å². The molecule has 0 bridgehead atoms.